The van der Waals surface area contributed by atoms with Gasteiger partial charge in [-0.2, -0.15) is 0 Å². The van der Waals surface area contributed by atoms with Crippen LogP contribution in [0.4, 0.5) is 10.1 Å². The van der Waals surface area contributed by atoms with Crippen LogP contribution in [0.25, 0.3) is 0 Å². The Morgan fingerprint density at radius 3 is 2.56 bits per heavy atom. The zero-order chi connectivity index (χ0) is 18.0. The fraction of sp³-hybridized carbons (Fsp3) is 0.368. The van der Waals surface area contributed by atoms with Crippen molar-refractivity contribution >= 4 is 5.69 Å². The lowest BCUT2D eigenvalue weighted by molar-refractivity contribution is 0.261. The van der Waals surface area contributed by atoms with Crippen LogP contribution in [-0.2, 0) is 6.54 Å². The van der Waals surface area contributed by atoms with E-state index in [9.17, 15) is 9.50 Å². The molecule has 5 nitrogen and oxygen atoms in total. The maximum absolute atomic E-state index is 13.6. The lowest BCUT2D eigenvalue weighted by Gasteiger charge is -2.36. The number of nitrogens with zero attached hydrogens (tertiary/aromatic N) is 1. The lowest BCUT2D eigenvalue weighted by Crippen LogP contribution is -2.35. The first-order valence-electron chi connectivity index (χ1n) is 8.05. The highest BCUT2D eigenvalue weighted by atomic mass is 19.1. The summed E-state index contributed by atoms with van der Waals surface area (Å²) in [5.41, 5.74) is 2.65. The van der Waals surface area contributed by atoms with E-state index in [0.29, 0.717) is 30.3 Å². The SMILES string of the molecule is COc1cc(OC)c(OC)c(N2Cc3ccc(F)cc3C(CO)C2)c1. The van der Waals surface area contributed by atoms with Crippen molar-refractivity contribution in [3.8, 4) is 17.2 Å². The van der Waals surface area contributed by atoms with E-state index in [1.807, 2.05) is 6.07 Å². The molecule has 2 aromatic carbocycles. The second kappa shape index (κ2) is 7.19. The molecule has 1 N–H and O–H groups in total. The molecule has 0 fully saturated rings. The summed E-state index contributed by atoms with van der Waals surface area (Å²) in [6, 6.07) is 8.36. The fourth-order valence-electron chi connectivity index (χ4n) is 3.34. The van der Waals surface area contributed by atoms with Crippen molar-refractivity contribution in [3.05, 3.63) is 47.3 Å². The van der Waals surface area contributed by atoms with Crippen molar-refractivity contribution in [2.75, 3.05) is 39.4 Å². The van der Waals surface area contributed by atoms with Crippen LogP contribution < -0.4 is 19.1 Å². The number of hydrogen-bond acceptors (Lipinski definition) is 5. The molecule has 2 aromatic rings. The standard InChI is InChI=1S/C19H22FNO4/c1-23-15-7-17(19(25-3)18(8-15)24-2)21-9-12-4-5-14(20)6-16(12)13(10-21)11-22/h4-8,13,22H,9-11H2,1-3H3. The monoisotopic (exact) mass is 347 g/mol. The number of aliphatic hydroxyl groups is 1. The number of hydrogen-bond donors (Lipinski definition) is 1. The van der Waals surface area contributed by atoms with E-state index in [2.05, 4.69) is 4.90 Å². The maximum Gasteiger partial charge on any atom is 0.184 e. The van der Waals surface area contributed by atoms with Gasteiger partial charge in [0.2, 0.25) is 0 Å². The van der Waals surface area contributed by atoms with Crippen LogP contribution in [-0.4, -0.2) is 39.6 Å². The van der Waals surface area contributed by atoms with Crippen LogP contribution in [0, 0.1) is 5.82 Å². The number of rotatable bonds is 5. The van der Waals surface area contributed by atoms with Crippen LogP contribution in [0.2, 0.25) is 0 Å². The number of methoxy groups -OCH3 is 3. The summed E-state index contributed by atoms with van der Waals surface area (Å²) in [7, 11) is 4.76. The molecule has 134 valence electrons. The molecule has 25 heavy (non-hydrogen) atoms. The minimum absolute atomic E-state index is 0.0592. The van der Waals surface area contributed by atoms with E-state index < -0.39 is 0 Å². The second-order valence-corrected chi connectivity index (χ2v) is 5.99. The van der Waals surface area contributed by atoms with Gasteiger partial charge in [0, 0.05) is 31.1 Å². The molecular formula is C19H22FNO4. The number of anilines is 1. The normalized spacial score (nSPS) is 16.4. The van der Waals surface area contributed by atoms with E-state index in [4.69, 9.17) is 14.2 Å². The van der Waals surface area contributed by atoms with Gasteiger partial charge in [0.15, 0.2) is 11.5 Å². The van der Waals surface area contributed by atoms with Crippen LogP contribution in [0.3, 0.4) is 0 Å². The molecule has 1 aliphatic heterocycles. The number of fused-ring (bicyclic) bond motifs is 1. The summed E-state index contributed by atoms with van der Waals surface area (Å²) in [6.07, 6.45) is 0. The van der Waals surface area contributed by atoms with E-state index in [1.165, 1.54) is 12.1 Å². The average Bonchev–Trinajstić information content (AvgIpc) is 2.65. The molecule has 0 spiro atoms. The largest absolute Gasteiger partial charge is 0.497 e. The van der Waals surface area contributed by atoms with Crippen molar-refractivity contribution in [1.82, 2.24) is 0 Å². The van der Waals surface area contributed by atoms with Gasteiger partial charge in [0.1, 0.15) is 11.6 Å². The van der Waals surface area contributed by atoms with Crippen molar-refractivity contribution in [1.29, 1.82) is 0 Å². The Morgan fingerprint density at radius 2 is 1.92 bits per heavy atom. The van der Waals surface area contributed by atoms with Gasteiger partial charge in [-0.3, -0.25) is 0 Å². The van der Waals surface area contributed by atoms with Crippen molar-refractivity contribution in [3.63, 3.8) is 0 Å². The summed E-state index contributed by atoms with van der Waals surface area (Å²) < 4.78 is 29.9. The zero-order valence-corrected chi connectivity index (χ0v) is 14.6. The van der Waals surface area contributed by atoms with E-state index in [1.54, 1.807) is 33.5 Å². The smallest absolute Gasteiger partial charge is 0.184 e. The second-order valence-electron chi connectivity index (χ2n) is 5.99. The molecule has 1 unspecified atom stereocenters. The molecule has 0 saturated heterocycles. The predicted molar refractivity (Wildman–Crippen MR) is 93.4 cm³/mol. The van der Waals surface area contributed by atoms with Gasteiger partial charge in [0.05, 0.1) is 33.6 Å². The van der Waals surface area contributed by atoms with Gasteiger partial charge in [-0.05, 0) is 23.3 Å². The van der Waals surface area contributed by atoms with Crippen molar-refractivity contribution in [2.45, 2.75) is 12.5 Å². The Balaban J connectivity index is 2.06. The third-order valence-corrected chi connectivity index (χ3v) is 4.58. The van der Waals surface area contributed by atoms with Gasteiger partial charge in [0.25, 0.3) is 0 Å². The van der Waals surface area contributed by atoms with Gasteiger partial charge in [-0.25, -0.2) is 4.39 Å². The maximum atomic E-state index is 13.6. The molecule has 1 aliphatic rings. The predicted octanol–water partition coefficient (Wildman–Crippen LogP) is 2.95. The number of halogens is 1. The molecule has 0 saturated carbocycles. The van der Waals surface area contributed by atoms with Crippen molar-refractivity contribution in [2.24, 2.45) is 0 Å². The highest BCUT2D eigenvalue weighted by Gasteiger charge is 2.28. The molecule has 0 bridgehead atoms. The van der Waals surface area contributed by atoms with Gasteiger partial charge >= 0.3 is 0 Å². The third-order valence-electron chi connectivity index (χ3n) is 4.58. The molecule has 3 rings (SSSR count). The topological polar surface area (TPSA) is 51.2 Å². The average molecular weight is 347 g/mol. The Hall–Kier alpha value is -2.47. The molecule has 6 heteroatoms. The van der Waals surface area contributed by atoms with Gasteiger partial charge in [-0.15, -0.1) is 0 Å². The van der Waals surface area contributed by atoms with Crippen LogP contribution in [0.1, 0.15) is 17.0 Å². The first kappa shape index (κ1) is 17.4. The Bertz CT molecular complexity index is 765. The Labute approximate surface area is 146 Å². The highest BCUT2D eigenvalue weighted by Crippen LogP contribution is 2.44. The minimum atomic E-state index is -0.286. The lowest BCUT2D eigenvalue weighted by atomic mass is 9.89. The highest BCUT2D eigenvalue weighted by molar-refractivity contribution is 5.69. The van der Waals surface area contributed by atoms with Crippen molar-refractivity contribution < 1.29 is 23.7 Å². The summed E-state index contributed by atoms with van der Waals surface area (Å²) in [5.74, 6) is 1.36. The third kappa shape index (κ3) is 3.22. The molecule has 1 heterocycles. The van der Waals surface area contributed by atoms with Gasteiger partial charge < -0.3 is 24.2 Å². The van der Waals surface area contributed by atoms with Crippen LogP contribution in [0.15, 0.2) is 30.3 Å². The molecule has 1 atom stereocenters. The Morgan fingerprint density at radius 1 is 1.12 bits per heavy atom. The van der Waals surface area contributed by atoms with E-state index in [0.717, 1.165) is 16.8 Å². The first-order chi connectivity index (χ1) is 12.1. The summed E-state index contributed by atoms with van der Waals surface area (Å²) in [6.45, 7) is 1.06. The molecular weight excluding hydrogens is 325 g/mol. The summed E-state index contributed by atoms with van der Waals surface area (Å²) in [5, 5.41) is 9.79. The van der Waals surface area contributed by atoms with Crippen LogP contribution >= 0.6 is 0 Å². The summed E-state index contributed by atoms with van der Waals surface area (Å²) in [4.78, 5) is 2.09. The van der Waals surface area contributed by atoms with E-state index >= 15 is 0 Å². The summed E-state index contributed by atoms with van der Waals surface area (Å²) >= 11 is 0. The quantitative estimate of drug-likeness (QED) is 0.901. The minimum Gasteiger partial charge on any atom is -0.497 e. The van der Waals surface area contributed by atoms with E-state index in [-0.39, 0.29) is 18.3 Å². The molecule has 0 radical (unpaired) electrons. The number of benzene rings is 2. The molecule has 0 aromatic heterocycles. The Kier molecular flexibility index (Phi) is 4.99. The van der Waals surface area contributed by atoms with Crippen LogP contribution in [0.5, 0.6) is 17.2 Å². The zero-order valence-electron chi connectivity index (χ0n) is 14.6. The van der Waals surface area contributed by atoms with Gasteiger partial charge in [-0.1, -0.05) is 6.07 Å². The molecule has 0 amide bonds. The first-order valence-corrected chi connectivity index (χ1v) is 8.05. The number of aliphatic hydroxyl groups excluding tert-OH is 1. The fourth-order valence-corrected chi connectivity index (χ4v) is 3.34. The molecule has 0 aliphatic carbocycles. The number of ether oxygens (including phenoxy) is 3.